The first-order chi connectivity index (χ1) is 7.30. The van der Waals surface area contributed by atoms with Crippen LogP contribution in [0.4, 0.5) is 11.4 Å². The molecule has 0 radical (unpaired) electrons. The van der Waals surface area contributed by atoms with Crippen molar-refractivity contribution in [2.24, 2.45) is 0 Å². The third kappa shape index (κ3) is 3.45. The normalized spacial score (nSPS) is 13.4. The Balaban J connectivity index is 2.96. The molecule has 0 saturated heterocycles. The average Bonchev–Trinajstić information content (AvgIpc) is 2.12. The molecule has 0 aromatic heterocycles. The number of anilines is 2. The van der Waals surface area contributed by atoms with Gasteiger partial charge in [0, 0.05) is 6.26 Å². The van der Waals surface area contributed by atoms with Crippen molar-refractivity contribution >= 4 is 32.6 Å². The molecule has 4 N–H and O–H groups in total. The van der Waals surface area contributed by atoms with Crippen molar-refractivity contribution in [3.8, 4) is 0 Å². The van der Waals surface area contributed by atoms with Gasteiger partial charge >= 0.3 is 0 Å². The van der Waals surface area contributed by atoms with Gasteiger partial charge in [0.25, 0.3) is 10.1 Å². The van der Waals surface area contributed by atoms with Crippen molar-refractivity contribution in [3.63, 3.8) is 0 Å². The first-order valence-corrected chi connectivity index (χ1v) is 6.87. The summed E-state index contributed by atoms with van der Waals surface area (Å²) in [6, 6.07) is 3.65. The van der Waals surface area contributed by atoms with Crippen molar-refractivity contribution in [2.45, 2.75) is 4.90 Å². The summed E-state index contributed by atoms with van der Waals surface area (Å²) in [7, 11) is -4.34. The highest BCUT2D eigenvalue weighted by Crippen LogP contribution is 2.22. The summed E-state index contributed by atoms with van der Waals surface area (Å²) < 4.78 is 45.5. The number of nitrogen functional groups attached to an aromatic ring is 1. The predicted molar refractivity (Wildman–Crippen MR) is 59.4 cm³/mol. The SMILES string of the molecule is CS(=O)ONc1ccc(S(=O)(=O)O)c(N)c1. The van der Waals surface area contributed by atoms with E-state index in [-0.39, 0.29) is 5.69 Å². The first kappa shape index (κ1) is 12.9. The molecule has 90 valence electrons. The Kier molecular flexibility index (Phi) is 3.86. The Morgan fingerprint density at radius 3 is 2.56 bits per heavy atom. The minimum Gasteiger partial charge on any atom is -0.398 e. The van der Waals surface area contributed by atoms with Gasteiger partial charge in [0.2, 0.25) is 0 Å². The molecule has 0 aliphatic rings. The van der Waals surface area contributed by atoms with Crippen LogP contribution in [0.5, 0.6) is 0 Å². The minimum atomic E-state index is -4.34. The zero-order chi connectivity index (χ0) is 12.3. The van der Waals surface area contributed by atoms with Gasteiger partial charge in [-0.25, -0.2) is 4.21 Å². The summed E-state index contributed by atoms with van der Waals surface area (Å²) >= 11 is -1.51. The molecule has 1 rings (SSSR count). The van der Waals surface area contributed by atoms with E-state index in [1.54, 1.807) is 0 Å². The zero-order valence-corrected chi connectivity index (χ0v) is 9.84. The molecule has 7 nitrogen and oxygen atoms in total. The molecule has 1 aromatic rings. The number of nitrogens with one attached hydrogen (secondary N) is 1. The predicted octanol–water partition coefficient (Wildman–Crippen LogP) is 0.152. The molecular weight excluding hydrogens is 256 g/mol. The van der Waals surface area contributed by atoms with Crippen LogP contribution in [-0.2, 0) is 25.5 Å². The van der Waals surface area contributed by atoms with Crippen LogP contribution >= 0.6 is 0 Å². The minimum absolute atomic E-state index is 0.141. The quantitative estimate of drug-likeness (QED) is 0.403. The lowest BCUT2D eigenvalue weighted by Gasteiger charge is -2.06. The number of hydrogen-bond acceptors (Lipinski definition) is 6. The van der Waals surface area contributed by atoms with E-state index in [9.17, 15) is 12.6 Å². The van der Waals surface area contributed by atoms with E-state index >= 15 is 0 Å². The molecule has 0 saturated carbocycles. The van der Waals surface area contributed by atoms with Gasteiger partial charge < -0.3 is 5.73 Å². The standard InChI is InChI=1S/C7H10N2O5S2/c1-15(10)14-9-5-2-3-7(6(8)4-5)16(11,12)13/h2-4,9H,8H2,1H3,(H,11,12,13). The van der Waals surface area contributed by atoms with Gasteiger partial charge in [0.05, 0.1) is 11.4 Å². The van der Waals surface area contributed by atoms with Gasteiger partial charge in [0.15, 0.2) is 11.1 Å². The van der Waals surface area contributed by atoms with Crippen LogP contribution in [0.1, 0.15) is 0 Å². The van der Waals surface area contributed by atoms with Gasteiger partial charge in [0.1, 0.15) is 4.90 Å². The fraction of sp³-hybridized carbons (Fsp3) is 0.143. The fourth-order valence-electron chi connectivity index (χ4n) is 0.954. The van der Waals surface area contributed by atoms with Crippen LogP contribution in [-0.4, -0.2) is 23.4 Å². The maximum Gasteiger partial charge on any atom is 0.296 e. The van der Waals surface area contributed by atoms with E-state index in [4.69, 9.17) is 10.3 Å². The molecule has 1 unspecified atom stereocenters. The third-order valence-electron chi connectivity index (χ3n) is 1.56. The van der Waals surface area contributed by atoms with Gasteiger partial charge in [-0.05, 0) is 18.2 Å². The fourth-order valence-corrected chi connectivity index (χ4v) is 1.76. The highest BCUT2D eigenvalue weighted by Gasteiger charge is 2.13. The lowest BCUT2D eigenvalue weighted by Crippen LogP contribution is -2.06. The molecule has 0 aliphatic carbocycles. The molecular formula is C7H10N2O5S2. The number of nitrogens with two attached hydrogens (primary N) is 1. The highest BCUT2D eigenvalue weighted by atomic mass is 32.2. The lowest BCUT2D eigenvalue weighted by atomic mass is 10.3. The molecule has 0 heterocycles. The summed E-state index contributed by atoms with van der Waals surface area (Å²) in [5.74, 6) is 0. The van der Waals surface area contributed by atoms with Gasteiger partial charge in [-0.3, -0.25) is 10.0 Å². The number of benzene rings is 1. The average molecular weight is 266 g/mol. The molecule has 0 aliphatic heterocycles. The van der Waals surface area contributed by atoms with E-state index in [0.29, 0.717) is 5.69 Å². The summed E-state index contributed by atoms with van der Waals surface area (Å²) in [6.07, 6.45) is 1.31. The Morgan fingerprint density at radius 2 is 2.12 bits per heavy atom. The van der Waals surface area contributed by atoms with Crippen molar-refractivity contribution in [3.05, 3.63) is 18.2 Å². The molecule has 0 fully saturated rings. The van der Waals surface area contributed by atoms with E-state index in [1.165, 1.54) is 18.4 Å². The summed E-state index contributed by atoms with van der Waals surface area (Å²) in [5, 5.41) is 0. The summed E-state index contributed by atoms with van der Waals surface area (Å²) in [4.78, 5) is -0.393. The molecule has 0 amide bonds. The van der Waals surface area contributed by atoms with E-state index in [0.717, 1.165) is 6.07 Å². The van der Waals surface area contributed by atoms with E-state index in [1.807, 2.05) is 0 Å². The molecule has 1 aromatic carbocycles. The zero-order valence-electron chi connectivity index (χ0n) is 8.21. The maximum atomic E-state index is 10.8. The maximum absolute atomic E-state index is 10.8. The Morgan fingerprint density at radius 1 is 1.50 bits per heavy atom. The van der Waals surface area contributed by atoms with Crippen LogP contribution in [0.2, 0.25) is 0 Å². The van der Waals surface area contributed by atoms with Gasteiger partial charge in [-0.1, -0.05) is 0 Å². The smallest absolute Gasteiger partial charge is 0.296 e. The second kappa shape index (κ2) is 4.78. The van der Waals surface area contributed by atoms with Crippen LogP contribution in [0.15, 0.2) is 23.1 Å². The summed E-state index contributed by atoms with van der Waals surface area (Å²) in [6.45, 7) is 0. The van der Waals surface area contributed by atoms with Crippen molar-refractivity contribution < 1.29 is 21.5 Å². The Bertz CT molecular complexity index is 514. The molecule has 16 heavy (non-hydrogen) atoms. The van der Waals surface area contributed by atoms with Gasteiger partial charge in [-0.2, -0.15) is 12.7 Å². The van der Waals surface area contributed by atoms with Gasteiger partial charge in [-0.15, -0.1) is 0 Å². The lowest BCUT2D eigenvalue weighted by molar-refractivity contribution is 0.440. The molecule has 9 heteroatoms. The second-order valence-electron chi connectivity index (χ2n) is 2.81. The Labute approximate surface area is 95.0 Å². The van der Waals surface area contributed by atoms with E-state index in [2.05, 4.69) is 9.76 Å². The topological polar surface area (TPSA) is 119 Å². The van der Waals surface area contributed by atoms with Crippen molar-refractivity contribution in [1.29, 1.82) is 0 Å². The number of rotatable bonds is 4. The Hall–Kier alpha value is -1.16. The van der Waals surface area contributed by atoms with Crippen LogP contribution in [0.25, 0.3) is 0 Å². The van der Waals surface area contributed by atoms with Crippen molar-refractivity contribution in [2.75, 3.05) is 17.5 Å². The molecule has 1 atom stereocenters. The molecule has 0 bridgehead atoms. The largest absolute Gasteiger partial charge is 0.398 e. The molecule has 0 spiro atoms. The van der Waals surface area contributed by atoms with Crippen LogP contribution < -0.4 is 11.2 Å². The first-order valence-electron chi connectivity index (χ1n) is 3.94. The monoisotopic (exact) mass is 266 g/mol. The van der Waals surface area contributed by atoms with E-state index < -0.39 is 26.1 Å². The number of hydrogen-bond donors (Lipinski definition) is 3. The second-order valence-corrected chi connectivity index (χ2v) is 5.17. The van der Waals surface area contributed by atoms with Crippen LogP contribution in [0, 0.1) is 0 Å². The van der Waals surface area contributed by atoms with Crippen molar-refractivity contribution in [1.82, 2.24) is 0 Å². The van der Waals surface area contributed by atoms with Crippen LogP contribution in [0.3, 0.4) is 0 Å². The summed E-state index contributed by atoms with van der Waals surface area (Å²) in [5.41, 5.74) is 7.89. The highest BCUT2D eigenvalue weighted by molar-refractivity contribution is 7.86. The third-order valence-corrected chi connectivity index (χ3v) is 2.81.